The van der Waals surface area contributed by atoms with Crippen LogP contribution in [-0.4, -0.2) is 59.7 Å². The summed E-state index contributed by atoms with van der Waals surface area (Å²) in [6, 6.07) is 8.21. The van der Waals surface area contributed by atoms with E-state index in [1.54, 1.807) is 13.4 Å². The van der Waals surface area contributed by atoms with Gasteiger partial charge in [-0.2, -0.15) is 0 Å². The maximum atomic E-state index is 5.86. The van der Waals surface area contributed by atoms with Crippen LogP contribution in [0, 0.1) is 0 Å². The van der Waals surface area contributed by atoms with E-state index in [9.17, 15) is 0 Å². The molecule has 1 aliphatic heterocycles. The maximum Gasteiger partial charge on any atom is 0.163 e. The Morgan fingerprint density at radius 3 is 3.04 bits per heavy atom. The Kier molecular flexibility index (Phi) is 5.79. The van der Waals surface area contributed by atoms with Gasteiger partial charge >= 0.3 is 0 Å². The van der Waals surface area contributed by atoms with Crippen LogP contribution in [0.15, 0.2) is 30.6 Å². The van der Waals surface area contributed by atoms with Crippen molar-refractivity contribution < 1.29 is 14.2 Å². The number of rotatable bonds is 7. The summed E-state index contributed by atoms with van der Waals surface area (Å²) in [5.41, 5.74) is 1.23. The topological polar surface area (TPSA) is 61.6 Å². The molecule has 3 rings (SSSR count). The predicted octanol–water partition coefficient (Wildman–Crippen LogP) is 1.41. The van der Waals surface area contributed by atoms with Gasteiger partial charge in [-0.05, 0) is 17.7 Å². The first-order valence-corrected chi connectivity index (χ1v) is 8.15. The zero-order valence-corrected chi connectivity index (χ0v) is 14.2. The maximum absolute atomic E-state index is 5.86. The molecular weight excluding hydrogens is 308 g/mol. The fourth-order valence-electron chi connectivity index (χ4n) is 2.82. The Hall–Kier alpha value is -1.96. The first-order valence-electron chi connectivity index (χ1n) is 8.15. The number of ether oxygens (including phenoxy) is 3. The number of morpholine rings is 1. The molecule has 2 aromatic rings. The van der Waals surface area contributed by atoms with E-state index in [1.807, 2.05) is 23.7 Å². The van der Waals surface area contributed by atoms with Crippen molar-refractivity contribution in [2.24, 2.45) is 7.05 Å². The van der Waals surface area contributed by atoms with Gasteiger partial charge in [0.2, 0.25) is 0 Å². The van der Waals surface area contributed by atoms with Crippen LogP contribution in [-0.2, 0) is 23.1 Å². The van der Waals surface area contributed by atoms with Crippen LogP contribution < -0.4 is 4.74 Å². The lowest BCUT2D eigenvalue weighted by atomic mass is 10.1. The Bertz CT molecular complexity index is 646. The van der Waals surface area contributed by atoms with Gasteiger partial charge in [0, 0.05) is 33.8 Å². The number of benzene rings is 1. The average molecular weight is 332 g/mol. The molecule has 24 heavy (non-hydrogen) atoms. The van der Waals surface area contributed by atoms with E-state index in [-0.39, 0.29) is 6.10 Å². The van der Waals surface area contributed by atoms with E-state index < -0.39 is 0 Å². The van der Waals surface area contributed by atoms with Gasteiger partial charge in [-0.3, -0.25) is 4.90 Å². The number of methoxy groups -OCH3 is 1. The molecule has 1 atom stereocenters. The summed E-state index contributed by atoms with van der Waals surface area (Å²) in [6.07, 6.45) is 1.67. The van der Waals surface area contributed by atoms with Crippen molar-refractivity contribution in [1.82, 2.24) is 19.7 Å². The monoisotopic (exact) mass is 332 g/mol. The van der Waals surface area contributed by atoms with Gasteiger partial charge < -0.3 is 18.8 Å². The molecule has 1 fully saturated rings. The van der Waals surface area contributed by atoms with E-state index in [4.69, 9.17) is 14.2 Å². The third-order valence-electron chi connectivity index (χ3n) is 4.05. The standard InChI is InChI=1S/C17H24N4O3/c1-20-13-18-19-17(20)16-12-21(6-7-24-16)11-14-4-3-5-15(10-14)23-9-8-22-2/h3-5,10,13,16H,6-9,11-12H2,1-2H3. The molecule has 1 aromatic heterocycles. The van der Waals surface area contributed by atoms with Crippen molar-refractivity contribution in [1.29, 1.82) is 0 Å². The SMILES string of the molecule is COCCOc1cccc(CN2CCOC(c3nncn3C)C2)c1. The Labute approximate surface area is 142 Å². The van der Waals surface area contributed by atoms with Crippen molar-refractivity contribution in [2.45, 2.75) is 12.6 Å². The zero-order valence-electron chi connectivity index (χ0n) is 14.2. The summed E-state index contributed by atoms with van der Waals surface area (Å²) in [5, 5.41) is 8.11. The van der Waals surface area contributed by atoms with Gasteiger partial charge in [0.1, 0.15) is 24.8 Å². The minimum Gasteiger partial charge on any atom is -0.491 e. The molecule has 1 aliphatic rings. The molecule has 1 unspecified atom stereocenters. The van der Waals surface area contributed by atoms with E-state index >= 15 is 0 Å². The number of nitrogens with zero attached hydrogens (tertiary/aromatic N) is 4. The third kappa shape index (κ3) is 4.31. The summed E-state index contributed by atoms with van der Waals surface area (Å²) in [6.45, 7) is 4.42. The van der Waals surface area contributed by atoms with E-state index in [2.05, 4.69) is 27.2 Å². The Balaban J connectivity index is 1.59. The van der Waals surface area contributed by atoms with Crippen LogP contribution in [0.3, 0.4) is 0 Å². The summed E-state index contributed by atoms with van der Waals surface area (Å²) in [4.78, 5) is 2.37. The highest BCUT2D eigenvalue weighted by molar-refractivity contribution is 5.28. The fraction of sp³-hybridized carbons (Fsp3) is 0.529. The first-order chi connectivity index (χ1) is 11.8. The molecule has 0 amide bonds. The number of aromatic nitrogens is 3. The molecule has 0 radical (unpaired) electrons. The lowest BCUT2D eigenvalue weighted by molar-refractivity contribution is -0.0385. The molecule has 0 saturated carbocycles. The molecule has 0 bridgehead atoms. The Morgan fingerprint density at radius 2 is 2.25 bits per heavy atom. The lowest BCUT2D eigenvalue weighted by Gasteiger charge is -2.32. The molecule has 1 aromatic carbocycles. The summed E-state index contributed by atoms with van der Waals surface area (Å²) >= 11 is 0. The summed E-state index contributed by atoms with van der Waals surface area (Å²) in [7, 11) is 3.62. The summed E-state index contributed by atoms with van der Waals surface area (Å²) < 4.78 is 18.5. The molecule has 0 aliphatic carbocycles. The van der Waals surface area contributed by atoms with Crippen LogP contribution in [0.4, 0.5) is 0 Å². The van der Waals surface area contributed by atoms with Crippen molar-refractivity contribution in [3.05, 3.63) is 42.0 Å². The molecular formula is C17H24N4O3. The zero-order chi connectivity index (χ0) is 16.8. The lowest BCUT2D eigenvalue weighted by Crippen LogP contribution is -2.38. The molecule has 7 heteroatoms. The smallest absolute Gasteiger partial charge is 0.163 e. The fourth-order valence-corrected chi connectivity index (χ4v) is 2.82. The largest absolute Gasteiger partial charge is 0.491 e. The second-order valence-corrected chi connectivity index (χ2v) is 5.88. The van der Waals surface area contributed by atoms with E-state index in [0.717, 1.165) is 31.2 Å². The first kappa shape index (κ1) is 16.9. The van der Waals surface area contributed by atoms with Crippen LogP contribution in [0.25, 0.3) is 0 Å². The molecule has 0 N–H and O–H groups in total. The molecule has 1 saturated heterocycles. The summed E-state index contributed by atoms with van der Waals surface area (Å²) in [5.74, 6) is 1.75. The van der Waals surface area contributed by atoms with Gasteiger partial charge in [0.15, 0.2) is 5.82 Å². The quantitative estimate of drug-likeness (QED) is 0.715. The molecule has 2 heterocycles. The van der Waals surface area contributed by atoms with Crippen LogP contribution >= 0.6 is 0 Å². The van der Waals surface area contributed by atoms with Gasteiger partial charge in [-0.15, -0.1) is 10.2 Å². The molecule has 7 nitrogen and oxygen atoms in total. The second kappa shape index (κ2) is 8.23. The van der Waals surface area contributed by atoms with Crippen LogP contribution in [0.1, 0.15) is 17.5 Å². The number of aryl methyl sites for hydroxylation is 1. The van der Waals surface area contributed by atoms with Gasteiger partial charge in [-0.25, -0.2) is 0 Å². The highest BCUT2D eigenvalue weighted by Gasteiger charge is 2.25. The highest BCUT2D eigenvalue weighted by Crippen LogP contribution is 2.22. The minimum atomic E-state index is -0.0348. The van der Waals surface area contributed by atoms with E-state index in [0.29, 0.717) is 19.8 Å². The van der Waals surface area contributed by atoms with E-state index in [1.165, 1.54) is 5.56 Å². The van der Waals surface area contributed by atoms with Crippen LogP contribution in [0.5, 0.6) is 5.75 Å². The van der Waals surface area contributed by atoms with Crippen LogP contribution in [0.2, 0.25) is 0 Å². The van der Waals surface area contributed by atoms with Gasteiger partial charge in [0.05, 0.1) is 13.2 Å². The number of hydrogen-bond acceptors (Lipinski definition) is 6. The van der Waals surface area contributed by atoms with Crippen molar-refractivity contribution in [2.75, 3.05) is 40.0 Å². The van der Waals surface area contributed by atoms with Gasteiger partial charge in [0.25, 0.3) is 0 Å². The third-order valence-corrected chi connectivity index (χ3v) is 4.05. The normalized spacial score (nSPS) is 18.7. The number of hydrogen-bond donors (Lipinski definition) is 0. The van der Waals surface area contributed by atoms with Crippen molar-refractivity contribution in [3.63, 3.8) is 0 Å². The second-order valence-electron chi connectivity index (χ2n) is 5.88. The molecule has 0 spiro atoms. The molecule has 130 valence electrons. The average Bonchev–Trinajstić information content (AvgIpc) is 3.02. The minimum absolute atomic E-state index is 0.0348. The van der Waals surface area contributed by atoms with Crippen molar-refractivity contribution >= 4 is 0 Å². The van der Waals surface area contributed by atoms with Crippen molar-refractivity contribution in [3.8, 4) is 5.75 Å². The predicted molar refractivity (Wildman–Crippen MR) is 88.8 cm³/mol. The Morgan fingerprint density at radius 1 is 1.33 bits per heavy atom. The van der Waals surface area contributed by atoms with Gasteiger partial charge in [-0.1, -0.05) is 12.1 Å². The highest BCUT2D eigenvalue weighted by atomic mass is 16.5.